The first-order chi connectivity index (χ1) is 13.0. The number of H-pyrrole nitrogens is 1. The summed E-state index contributed by atoms with van der Waals surface area (Å²) in [4.78, 5) is 33.4. The van der Waals surface area contributed by atoms with E-state index in [2.05, 4.69) is 20.2 Å². The number of rotatable bonds is 5. The molecule has 2 atom stereocenters. The molecule has 4 N–H and O–H groups in total. The van der Waals surface area contributed by atoms with Crippen molar-refractivity contribution in [2.45, 2.75) is 38.3 Å². The molecule has 2 aromatic heterocycles. The first-order valence-electron chi connectivity index (χ1n) is 9.06. The third kappa shape index (κ3) is 4.74. The Hall–Kier alpha value is -2.22. The highest BCUT2D eigenvalue weighted by atomic mass is 35.5. The van der Waals surface area contributed by atoms with Gasteiger partial charge in [-0.3, -0.25) is 14.5 Å². The van der Waals surface area contributed by atoms with Crippen LogP contribution >= 0.6 is 11.6 Å². The molecule has 1 saturated heterocycles. The van der Waals surface area contributed by atoms with Crippen molar-refractivity contribution in [1.29, 1.82) is 0 Å². The molecule has 7 nitrogen and oxygen atoms in total. The lowest BCUT2D eigenvalue weighted by Crippen LogP contribution is -2.46. The molecule has 8 heteroatoms. The van der Waals surface area contributed by atoms with E-state index in [0.29, 0.717) is 16.4 Å². The third-order valence-corrected chi connectivity index (χ3v) is 5.28. The van der Waals surface area contributed by atoms with Crippen molar-refractivity contribution in [2.24, 2.45) is 5.73 Å². The van der Waals surface area contributed by atoms with Crippen LogP contribution in [0.5, 0.6) is 0 Å². The molecule has 0 radical (unpaired) electrons. The molecule has 0 bridgehead atoms. The number of aromatic nitrogens is 2. The molecular weight excluding hydrogens is 366 g/mol. The maximum absolute atomic E-state index is 12.6. The lowest BCUT2D eigenvalue weighted by molar-refractivity contribution is -0.121. The summed E-state index contributed by atoms with van der Waals surface area (Å²) in [5, 5.41) is 3.36. The zero-order valence-corrected chi connectivity index (χ0v) is 16.0. The van der Waals surface area contributed by atoms with Crippen LogP contribution in [-0.4, -0.2) is 39.9 Å². The number of aromatic amines is 1. The first kappa shape index (κ1) is 19.5. The van der Waals surface area contributed by atoms with E-state index in [1.165, 1.54) is 6.20 Å². The molecule has 1 amide bonds. The summed E-state index contributed by atoms with van der Waals surface area (Å²) in [6.45, 7) is 3.71. The zero-order valence-electron chi connectivity index (χ0n) is 15.2. The molecule has 0 aliphatic carbocycles. The van der Waals surface area contributed by atoms with E-state index in [9.17, 15) is 9.59 Å². The Morgan fingerprint density at radius 2 is 2.33 bits per heavy atom. The molecule has 1 aliphatic heterocycles. The molecule has 3 rings (SSSR count). The summed E-state index contributed by atoms with van der Waals surface area (Å²) in [7, 11) is 0. The lowest BCUT2D eigenvalue weighted by Gasteiger charge is -2.36. The van der Waals surface area contributed by atoms with Crippen molar-refractivity contribution in [1.82, 2.24) is 14.9 Å². The van der Waals surface area contributed by atoms with Crippen molar-refractivity contribution in [2.75, 3.05) is 18.4 Å². The Labute approximate surface area is 162 Å². The van der Waals surface area contributed by atoms with Crippen LogP contribution in [0.1, 0.15) is 36.8 Å². The average Bonchev–Trinajstić information content (AvgIpc) is 2.69. The summed E-state index contributed by atoms with van der Waals surface area (Å²) in [5.41, 5.74) is 7.16. The minimum atomic E-state index is -0.290. The number of carbonyl (C=O) groups is 1. The van der Waals surface area contributed by atoms with Crippen LogP contribution in [-0.2, 0) is 11.3 Å². The largest absolute Gasteiger partial charge is 0.329 e. The minimum Gasteiger partial charge on any atom is -0.329 e. The third-order valence-electron chi connectivity index (χ3n) is 5.05. The fourth-order valence-electron chi connectivity index (χ4n) is 3.41. The molecule has 1 unspecified atom stereocenters. The van der Waals surface area contributed by atoms with Crippen molar-refractivity contribution in [3.63, 3.8) is 0 Å². The van der Waals surface area contributed by atoms with Crippen LogP contribution in [0.2, 0.25) is 5.02 Å². The topological polar surface area (TPSA) is 104 Å². The van der Waals surface area contributed by atoms with Crippen LogP contribution < -0.4 is 16.6 Å². The molecule has 0 saturated carbocycles. The monoisotopic (exact) mass is 389 g/mol. The Morgan fingerprint density at radius 3 is 3.04 bits per heavy atom. The normalized spacial score (nSPS) is 18.9. The number of hydrogen-bond donors (Lipinski definition) is 3. The van der Waals surface area contributed by atoms with E-state index in [1.807, 2.05) is 13.0 Å². The van der Waals surface area contributed by atoms with Crippen LogP contribution in [0.3, 0.4) is 0 Å². The summed E-state index contributed by atoms with van der Waals surface area (Å²) < 4.78 is 0. The molecule has 1 aliphatic rings. The number of nitrogens with two attached hydrogens (primary N) is 1. The van der Waals surface area contributed by atoms with Crippen molar-refractivity contribution < 1.29 is 4.79 Å². The predicted molar refractivity (Wildman–Crippen MR) is 106 cm³/mol. The Kier molecular flexibility index (Phi) is 6.26. The smallest absolute Gasteiger partial charge is 0.252 e. The van der Waals surface area contributed by atoms with Gasteiger partial charge in [0, 0.05) is 31.0 Å². The van der Waals surface area contributed by atoms with E-state index >= 15 is 0 Å². The van der Waals surface area contributed by atoms with Gasteiger partial charge < -0.3 is 16.0 Å². The highest BCUT2D eigenvalue weighted by molar-refractivity contribution is 6.30. The summed E-state index contributed by atoms with van der Waals surface area (Å²) in [5.74, 6) is 0.637. The van der Waals surface area contributed by atoms with Gasteiger partial charge in [0.25, 0.3) is 5.56 Å². The van der Waals surface area contributed by atoms with Crippen LogP contribution in [0.25, 0.3) is 0 Å². The Bertz CT molecular complexity index is 852. The number of nitrogens with zero attached hydrogens (tertiary/aromatic N) is 2. The number of piperidine rings is 1. The van der Waals surface area contributed by atoms with Crippen molar-refractivity contribution in [3.05, 3.63) is 57.1 Å². The second-order valence-corrected chi connectivity index (χ2v) is 7.29. The van der Waals surface area contributed by atoms with Gasteiger partial charge in [0.05, 0.1) is 11.1 Å². The maximum atomic E-state index is 12.6. The predicted octanol–water partition coefficient (Wildman–Crippen LogP) is 2.09. The molecule has 3 heterocycles. The van der Waals surface area contributed by atoms with Crippen LogP contribution in [0, 0.1) is 0 Å². The summed E-state index contributed by atoms with van der Waals surface area (Å²) in [6, 6.07) is 4.97. The molecule has 144 valence electrons. The van der Waals surface area contributed by atoms with E-state index in [4.69, 9.17) is 17.3 Å². The maximum Gasteiger partial charge on any atom is 0.252 e. The van der Waals surface area contributed by atoms with Gasteiger partial charge >= 0.3 is 0 Å². The standard InChI is InChI=1S/C19H24ClN5O2/c1-12(18(26)24-17-5-4-16(20)10-22-17)25-6-2-3-13(11-25)15-7-14(8-21)19(27)23-9-15/h4-5,7,9-10,12-13H,2-3,6,8,11,21H2,1H3,(H,23,27)(H,22,24,26)/t12?,13-/m1/s1. The second-order valence-electron chi connectivity index (χ2n) is 6.85. The van der Waals surface area contributed by atoms with E-state index < -0.39 is 0 Å². The van der Waals surface area contributed by atoms with Gasteiger partial charge in [-0.1, -0.05) is 11.6 Å². The van der Waals surface area contributed by atoms with Gasteiger partial charge in [0.15, 0.2) is 0 Å². The highest BCUT2D eigenvalue weighted by Gasteiger charge is 2.28. The van der Waals surface area contributed by atoms with Gasteiger partial charge in [-0.2, -0.15) is 0 Å². The molecule has 0 spiro atoms. The molecular formula is C19H24ClN5O2. The molecule has 2 aromatic rings. The summed E-state index contributed by atoms with van der Waals surface area (Å²) in [6.07, 6.45) is 5.26. The fourth-order valence-corrected chi connectivity index (χ4v) is 3.53. The quantitative estimate of drug-likeness (QED) is 0.726. The fraction of sp³-hybridized carbons (Fsp3) is 0.421. The van der Waals surface area contributed by atoms with Gasteiger partial charge in [-0.25, -0.2) is 4.98 Å². The van der Waals surface area contributed by atoms with Gasteiger partial charge in [0.2, 0.25) is 5.91 Å². The average molecular weight is 390 g/mol. The van der Waals surface area contributed by atoms with Crippen LogP contribution in [0.4, 0.5) is 5.82 Å². The Balaban J connectivity index is 1.67. The number of anilines is 1. The Morgan fingerprint density at radius 1 is 1.52 bits per heavy atom. The van der Waals surface area contributed by atoms with E-state index in [1.54, 1.807) is 18.3 Å². The van der Waals surface area contributed by atoms with E-state index in [0.717, 1.165) is 31.5 Å². The number of halogens is 1. The second kappa shape index (κ2) is 8.65. The molecule has 1 fully saturated rings. The zero-order chi connectivity index (χ0) is 19.4. The number of carbonyl (C=O) groups excluding carboxylic acids is 1. The number of likely N-dealkylation sites (tertiary alicyclic amines) is 1. The molecule has 0 aromatic carbocycles. The SMILES string of the molecule is CC(C(=O)Nc1ccc(Cl)cn1)N1CCC[C@@H](c2c[nH]c(=O)c(CN)c2)C1. The van der Waals surface area contributed by atoms with E-state index in [-0.39, 0.29) is 30.0 Å². The van der Waals surface area contributed by atoms with Crippen LogP contribution in [0.15, 0.2) is 35.4 Å². The molecule has 27 heavy (non-hydrogen) atoms. The number of nitrogens with one attached hydrogen (secondary N) is 2. The van der Waals surface area contributed by atoms with Gasteiger partial charge in [0.1, 0.15) is 5.82 Å². The number of hydrogen-bond acceptors (Lipinski definition) is 5. The van der Waals surface area contributed by atoms with Gasteiger partial charge in [-0.15, -0.1) is 0 Å². The number of pyridine rings is 2. The van der Waals surface area contributed by atoms with Crippen molar-refractivity contribution in [3.8, 4) is 0 Å². The van der Waals surface area contributed by atoms with Gasteiger partial charge in [-0.05, 0) is 56.0 Å². The lowest BCUT2D eigenvalue weighted by atomic mass is 9.90. The number of amides is 1. The van der Waals surface area contributed by atoms with Crippen molar-refractivity contribution >= 4 is 23.3 Å². The first-order valence-corrected chi connectivity index (χ1v) is 9.43. The summed E-state index contributed by atoms with van der Waals surface area (Å²) >= 11 is 5.82. The minimum absolute atomic E-state index is 0.102. The highest BCUT2D eigenvalue weighted by Crippen LogP contribution is 2.27.